The number of anilines is 2. The van der Waals surface area contributed by atoms with E-state index >= 15 is 0 Å². The number of piperazine rings is 2. The Kier molecular flexibility index (Phi) is 10.4. The molecule has 3 heterocycles. The van der Waals surface area contributed by atoms with E-state index in [2.05, 4.69) is 67.8 Å². The van der Waals surface area contributed by atoms with Crippen LogP contribution in [0.2, 0.25) is 10.0 Å². The predicted molar refractivity (Wildman–Crippen MR) is 212 cm³/mol. The first-order valence-electron chi connectivity index (χ1n) is 19.1. The van der Waals surface area contributed by atoms with Gasteiger partial charge in [0.25, 0.3) is 5.56 Å². The van der Waals surface area contributed by atoms with E-state index in [1.807, 2.05) is 39.8 Å². The number of likely N-dealkylation sites (N-methyl/N-ethyl adjacent to an activating group) is 1. The summed E-state index contributed by atoms with van der Waals surface area (Å²) in [6.45, 7) is 19.9. The lowest BCUT2D eigenvalue weighted by atomic mass is 9.45. The number of aliphatic imine (C=N–C) groups is 1. The Balaban J connectivity index is 1.23. The van der Waals surface area contributed by atoms with Crippen LogP contribution in [0.1, 0.15) is 59.9 Å². The maximum atomic E-state index is 14.3. The van der Waals surface area contributed by atoms with Gasteiger partial charge in [-0.2, -0.15) is 5.26 Å². The summed E-state index contributed by atoms with van der Waals surface area (Å²) in [6.07, 6.45) is 5.37. The van der Waals surface area contributed by atoms with Crippen LogP contribution in [-0.2, 0) is 13.0 Å². The minimum absolute atomic E-state index is 0.0587. The van der Waals surface area contributed by atoms with Crippen molar-refractivity contribution in [3.63, 3.8) is 0 Å². The van der Waals surface area contributed by atoms with Crippen LogP contribution in [0.15, 0.2) is 46.2 Å². The zero-order chi connectivity index (χ0) is 36.9. The largest absolute Gasteiger partial charge is 0.340 e. The maximum absolute atomic E-state index is 14.3. The third-order valence-corrected chi connectivity index (χ3v) is 13.4. The number of nitriles is 1. The Morgan fingerprint density at radius 1 is 1.04 bits per heavy atom. The van der Waals surface area contributed by atoms with Crippen LogP contribution in [0.25, 0.3) is 10.9 Å². The first-order valence-corrected chi connectivity index (χ1v) is 19.9. The van der Waals surface area contributed by atoms with E-state index in [1.165, 1.54) is 6.42 Å². The van der Waals surface area contributed by atoms with E-state index in [-0.39, 0.29) is 23.7 Å². The standard InChI is InChI=1S/C40H53Cl2N9O/c1-7-47-14-16-48(17-15-47)39-46-36-21-31(10-11-32(36)37(52)50(39)13-12-28-8-9-30(41)20-34(28)42)44-38(49-22-25(2)51(24-43)26(3)23-49)45-35-19-29-18-33(27(35)4)40(29,5)6/h8-11,20-21,25-27,29,33,35H,7,12-19,22-23H2,1-6H3,(H,44,45)/t25-,26+,27-,29-,33+,35-/m0/s1. The number of hydrogen-bond acceptors (Lipinski definition) is 7. The normalized spacial score (nSPS) is 27.8. The van der Waals surface area contributed by atoms with Crippen molar-refractivity contribution in [3.8, 4) is 6.19 Å². The monoisotopic (exact) mass is 745 g/mol. The lowest BCUT2D eigenvalue weighted by Crippen LogP contribution is -2.59. The molecule has 3 saturated carbocycles. The summed E-state index contributed by atoms with van der Waals surface area (Å²) in [6, 6.07) is 11.7. The molecular weight excluding hydrogens is 693 g/mol. The number of fused-ring (bicyclic) bond motifs is 3. The van der Waals surface area contributed by atoms with E-state index in [0.717, 1.165) is 56.4 Å². The minimum atomic E-state index is -0.0587. The highest BCUT2D eigenvalue weighted by atomic mass is 35.5. The van der Waals surface area contributed by atoms with Gasteiger partial charge in [0.15, 0.2) is 12.2 Å². The van der Waals surface area contributed by atoms with E-state index in [9.17, 15) is 10.1 Å². The van der Waals surface area contributed by atoms with Crippen molar-refractivity contribution >= 4 is 51.7 Å². The first-order chi connectivity index (χ1) is 24.9. The molecule has 10 nitrogen and oxygen atoms in total. The molecule has 0 spiro atoms. The van der Waals surface area contributed by atoms with Crippen LogP contribution in [0.5, 0.6) is 0 Å². The average molecular weight is 747 g/mol. The predicted octanol–water partition coefficient (Wildman–Crippen LogP) is 6.80. The molecule has 2 saturated heterocycles. The van der Waals surface area contributed by atoms with Crippen LogP contribution in [0.4, 0.5) is 11.6 Å². The number of halogens is 2. The number of rotatable bonds is 7. The lowest BCUT2D eigenvalue weighted by Gasteiger charge is -2.61. The number of aryl methyl sites for hydroxylation is 1. The summed E-state index contributed by atoms with van der Waals surface area (Å²) in [7, 11) is 0. The van der Waals surface area contributed by atoms with Gasteiger partial charge in [0.1, 0.15) is 0 Å². The lowest BCUT2D eigenvalue weighted by molar-refractivity contribution is -0.108. The van der Waals surface area contributed by atoms with Crippen LogP contribution in [0, 0.1) is 34.6 Å². The number of aromatic nitrogens is 2. The van der Waals surface area contributed by atoms with Gasteiger partial charge in [-0.15, -0.1) is 0 Å². The second kappa shape index (κ2) is 14.7. The van der Waals surface area contributed by atoms with Gasteiger partial charge in [-0.3, -0.25) is 9.36 Å². The molecule has 2 aromatic carbocycles. The molecule has 5 fully saturated rings. The summed E-state index contributed by atoms with van der Waals surface area (Å²) in [4.78, 5) is 33.9. The zero-order valence-electron chi connectivity index (χ0n) is 31.4. The third-order valence-electron chi connectivity index (χ3n) is 12.8. The Morgan fingerprint density at radius 3 is 2.40 bits per heavy atom. The first kappa shape index (κ1) is 36.8. The van der Waals surface area contributed by atoms with Gasteiger partial charge >= 0.3 is 0 Å². The molecule has 3 aromatic rings. The Bertz CT molecular complexity index is 1920. The number of hydrogen-bond donors (Lipinski definition) is 1. The molecule has 1 N–H and O–H groups in total. The molecule has 12 heteroatoms. The van der Waals surface area contributed by atoms with Crippen molar-refractivity contribution in [1.82, 2.24) is 24.3 Å². The fourth-order valence-electron chi connectivity index (χ4n) is 9.42. The van der Waals surface area contributed by atoms with Gasteiger partial charge in [-0.1, -0.05) is 57.0 Å². The molecule has 52 heavy (non-hydrogen) atoms. The minimum Gasteiger partial charge on any atom is -0.340 e. The molecule has 6 atom stereocenters. The summed E-state index contributed by atoms with van der Waals surface area (Å²) in [5.74, 6) is 3.39. The van der Waals surface area contributed by atoms with E-state index in [4.69, 9.17) is 33.2 Å². The quantitative estimate of drug-likeness (QED) is 0.160. The van der Waals surface area contributed by atoms with Gasteiger partial charge in [0.05, 0.1) is 29.0 Å². The summed E-state index contributed by atoms with van der Waals surface area (Å²) in [5.41, 5.74) is 2.77. The number of benzene rings is 2. The third kappa shape index (κ3) is 6.97. The Labute approximate surface area is 318 Å². The number of guanidine groups is 1. The van der Waals surface area contributed by atoms with Crippen molar-refractivity contribution < 1.29 is 0 Å². The highest BCUT2D eigenvalue weighted by molar-refractivity contribution is 6.35. The van der Waals surface area contributed by atoms with Crippen LogP contribution >= 0.6 is 23.2 Å². The van der Waals surface area contributed by atoms with Gasteiger partial charge in [0.2, 0.25) is 5.95 Å². The molecule has 5 aliphatic rings. The van der Waals surface area contributed by atoms with Crippen LogP contribution in [0.3, 0.4) is 0 Å². The fraction of sp³-hybridized carbons (Fsp3) is 0.600. The van der Waals surface area contributed by atoms with Crippen molar-refractivity contribution in [2.75, 3.05) is 56.0 Å². The van der Waals surface area contributed by atoms with Gasteiger partial charge in [-0.05, 0) is 98.7 Å². The second-order valence-electron chi connectivity index (χ2n) is 16.2. The van der Waals surface area contributed by atoms with Crippen molar-refractivity contribution in [3.05, 3.63) is 62.4 Å². The molecule has 0 unspecified atom stereocenters. The molecule has 0 radical (unpaired) electrons. The summed E-state index contributed by atoms with van der Waals surface area (Å²) >= 11 is 12.7. The topological polar surface area (TPSA) is 96.0 Å². The van der Waals surface area contributed by atoms with Crippen molar-refractivity contribution in [1.29, 1.82) is 5.26 Å². The van der Waals surface area contributed by atoms with Gasteiger partial charge < -0.3 is 24.9 Å². The number of nitrogens with zero attached hydrogens (tertiary/aromatic N) is 8. The molecule has 2 aliphatic heterocycles. The highest BCUT2D eigenvalue weighted by Crippen LogP contribution is 2.61. The van der Waals surface area contributed by atoms with Crippen LogP contribution in [-0.4, -0.2) is 94.1 Å². The molecule has 2 bridgehead atoms. The number of nitrogens with one attached hydrogen (secondary N) is 1. The molecule has 8 rings (SSSR count). The van der Waals surface area contributed by atoms with Crippen molar-refractivity contribution in [2.24, 2.45) is 28.2 Å². The van der Waals surface area contributed by atoms with Crippen molar-refractivity contribution in [2.45, 2.75) is 85.5 Å². The SMILES string of the molecule is CCN1CCN(c2nc3cc(NC(=N[C@H]4C[C@@H]5C[C@H]([C@@H]4C)C5(C)C)N4C[C@@H](C)N(C#N)[C@@H](C)C4)ccc3c(=O)n2CCc2ccc(Cl)cc2Cl)CC1. The van der Waals surface area contributed by atoms with E-state index in [1.54, 1.807) is 6.07 Å². The maximum Gasteiger partial charge on any atom is 0.262 e. The highest BCUT2D eigenvalue weighted by Gasteiger charge is 2.56. The average Bonchev–Trinajstić information content (AvgIpc) is 3.12. The summed E-state index contributed by atoms with van der Waals surface area (Å²) < 4.78 is 1.82. The molecule has 3 aliphatic carbocycles. The van der Waals surface area contributed by atoms with Crippen LogP contribution < -0.4 is 15.8 Å². The summed E-state index contributed by atoms with van der Waals surface area (Å²) in [5, 5.41) is 15.3. The smallest absolute Gasteiger partial charge is 0.262 e. The molecule has 0 amide bonds. The van der Waals surface area contributed by atoms with Gasteiger partial charge in [-0.25, -0.2) is 9.98 Å². The molecule has 1 aromatic heterocycles. The Morgan fingerprint density at radius 2 is 1.77 bits per heavy atom. The zero-order valence-corrected chi connectivity index (χ0v) is 33.0. The second-order valence-corrected chi connectivity index (χ2v) is 17.1. The Hall–Kier alpha value is -3.52. The molecular formula is C40H53Cl2N9O. The van der Waals surface area contributed by atoms with E-state index in [0.29, 0.717) is 76.1 Å². The fourth-order valence-corrected chi connectivity index (χ4v) is 9.92. The van der Waals surface area contributed by atoms with E-state index < -0.39 is 0 Å². The van der Waals surface area contributed by atoms with Gasteiger partial charge in [0, 0.05) is 61.5 Å². The molecule has 278 valence electrons.